The Hall–Kier alpha value is -4.07. The number of nitrogens with one attached hydrogen (secondary N) is 1. The quantitative estimate of drug-likeness (QED) is 0.477. The Morgan fingerprint density at radius 1 is 1.12 bits per heavy atom. The highest BCUT2D eigenvalue weighted by molar-refractivity contribution is 5.91. The Balaban J connectivity index is 1.35. The third-order valence-electron chi connectivity index (χ3n) is 5.81. The monoisotopic (exact) mass is 444 g/mol. The van der Waals surface area contributed by atoms with Gasteiger partial charge < -0.3 is 19.5 Å². The van der Waals surface area contributed by atoms with E-state index < -0.39 is 0 Å². The fourth-order valence-electron chi connectivity index (χ4n) is 4.11. The second kappa shape index (κ2) is 8.46. The summed E-state index contributed by atoms with van der Waals surface area (Å²) in [7, 11) is 1.65. The van der Waals surface area contributed by atoms with Crippen LogP contribution in [-0.2, 0) is 11.2 Å². The van der Waals surface area contributed by atoms with Gasteiger partial charge in [-0.1, -0.05) is 12.1 Å². The molecular weight excluding hydrogens is 420 g/mol. The van der Waals surface area contributed by atoms with Crippen molar-refractivity contribution in [3.8, 4) is 28.5 Å². The number of anilines is 1. The van der Waals surface area contributed by atoms with Gasteiger partial charge in [-0.3, -0.25) is 4.79 Å². The van der Waals surface area contributed by atoms with Crippen molar-refractivity contribution in [1.29, 1.82) is 0 Å². The first-order valence-corrected chi connectivity index (χ1v) is 10.7. The Morgan fingerprint density at radius 3 is 2.79 bits per heavy atom. The number of hydrogen-bond acceptors (Lipinski definition) is 6. The Labute approximate surface area is 191 Å². The van der Waals surface area contributed by atoms with Crippen molar-refractivity contribution >= 4 is 17.2 Å². The molecule has 0 saturated carbocycles. The van der Waals surface area contributed by atoms with Crippen LogP contribution in [0, 0.1) is 13.8 Å². The molecule has 4 aromatic rings. The van der Waals surface area contributed by atoms with Crippen LogP contribution in [0.5, 0.6) is 17.2 Å². The van der Waals surface area contributed by atoms with E-state index >= 15 is 0 Å². The molecule has 8 heteroatoms. The number of rotatable bonds is 6. The van der Waals surface area contributed by atoms with Gasteiger partial charge in [-0.05, 0) is 50.1 Å². The van der Waals surface area contributed by atoms with E-state index in [9.17, 15) is 4.79 Å². The summed E-state index contributed by atoms with van der Waals surface area (Å²) in [6.07, 6.45) is 0.880. The SMILES string of the molecule is COc1ccccc1-c1cc2nc(C)c(CCC(=O)Nc3ccc4c(c3)OCO4)c(C)n2n1. The van der Waals surface area contributed by atoms with Crippen LogP contribution < -0.4 is 19.5 Å². The minimum atomic E-state index is -0.0806. The van der Waals surface area contributed by atoms with Crippen molar-refractivity contribution in [2.24, 2.45) is 0 Å². The van der Waals surface area contributed by atoms with Gasteiger partial charge in [0.05, 0.1) is 12.8 Å². The molecule has 0 saturated heterocycles. The molecule has 1 aliphatic heterocycles. The van der Waals surface area contributed by atoms with E-state index in [0.717, 1.165) is 39.6 Å². The maximum absolute atomic E-state index is 12.6. The van der Waals surface area contributed by atoms with Crippen LogP contribution in [0.3, 0.4) is 0 Å². The molecule has 1 N–H and O–H groups in total. The van der Waals surface area contributed by atoms with E-state index in [0.29, 0.717) is 30.0 Å². The molecule has 0 bridgehead atoms. The third kappa shape index (κ3) is 3.95. The molecule has 3 heterocycles. The summed E-state index contributed by atoms with van der Waals surface area (Å²) in [5.41, 5.74) is 6.02. The fraction of sp³-hybridized carbons (Fsp3) is 0.240. The molecule has 0 aliphatic carbocycles. The topological polar surface area (TPSA) is 87.0 Å². The lowest BCUT2D eigenvalue weighted by Gasteiger charge is -2.11. The molecule has 2 aromatic heterocycles. The predicted octanol–water partition coefficient (Wildman–Crippen LogP) is 4.32. The first kappa shape index (κ1) is 20.8. The van der Waals surface area contributed by atoms with Crippen LogP contribution in [0.15, 0.2) is 48.5 Å². The number of aryl methyl sites for hydroxylation is 2. The zero-order chi connectivity index (χ0) is 22.9. The minimum absolute atomic E-state index is 0.0806. The van der Waals surface area contributed by atoms with Gasteiger partial charge in [0.25, 0.3) is 0 Å². The number of carbonyl (C=O) groups is 1. The number of hydrogen-bond donors (Lipinski definition) is 1. The van der Waals surface area contributed by atoms with Gasteiger partial charge in [0, 0.05) is 41.2 Å². The first-order chi connectivity index (χ1) is 16.0. The van der Waals surface area contributed by atoms with Gasteiger partial charge in [-0.15, -0.1) is 0 Å². The molecule has 0 radical (unpaired) electrons. The molecule has 8 nitrogen and oxygen atoms in total. The molecule has 168 valence electrons. The standard InChI is InChI=1S/C25H24N4O4/c1-15-18(9-11-25(30)27-17-8-10-22-23(12-17)33-14-32-22)16(2)29-24(26-15)13-20(28-29)19-6-4-5-7-21(19)31-3/h4-8,10,12-13H,9,11,14H2,1-3H3,(H,27,30). The van der Waals surface area contributed by atoms with Crippen molar-refractivity contribution in [3.05, 3.63) is 65.5 Å². The molecule has 5 rings (SSSR count). The number of ether oxygens (including phenoxy) is 3. The number of benzene rings is 2. The molecule has 33 heavy (non-hydrogen) atoms. The second-order valence-corrected chi connectivity index (χ2v) is 7.88. The molecule has 1 amide bonds. The minimum Gasteiger partial charge on any atom is -0.496 e. The van der Waals surface area contributed by atoms with Crippen LogP contribution in [0.1, 0.15) is 23.4 Å². The van der Waals surface area contributed by atoms with E-state index in [1.165, 1.54) is 0 Å². The summed E-state index contributed by atoms with van der Waals surface area (Å²) in [6, 6.07) is 15.1. The Bertz CT molecular complexity index is 1360. The normalized spacial score (nSPS) is 12.2. The number of amides is 1. The third-order valence-corrected chi connectivity index (χ3v) is 5.81. The molecule has 0 atom stereocenters. The van der Waals surface area contributed by atoms with Crippen LogP contribution in [0.2, 0.25) is 0 Å². The Morgan fingerprint density at radius 2 is 1.94 bits per heavy atom. The number of carbonyl (C=O) groups excluding carboxylic acids is 1. The van der Waals surface area contributed by atoms with Crippen LogP contribution in [0.4, 0.5) is 5.69 Å². The van der Waals surface area contributed by atoms with E-state index in [2.05, 4.69) is 5.32 Å². The van der Waals surface area contributed by atoms with Crippen LogP contribution in [0.25, 0.3) is 16.9 Å². The zero-order valence-corrected chi connectivity index (χ0v) is 18.7. The van der Waals surface area contributed by atoms with E-state index in [1.54, 1.807) is 25.3 Å². The maximum Gasteiger partial charge on any atom is 0.231 e. The molecule has 2 aromatic carbocycles. The summed E-state index contributed by atoms with van der Waals surface area (Å²) in [4.78, 5) is 17.3. The average Bonchev–Trinajstić information content (AvgIpc) is 3.45. The van der Waals surface area contributed by atoms with Crippen molar-refractivity contribution in [2.75, 3.05) is 19.2 Å². The van der Waals surface area contributed by atoms with Crippen molar-refractivity contribution < 1.29 is 19.0 Å². The van der Waals surface area contributed by atoms with Gasteiger partial charge in [-0.25, -0.2) is 9.50 Å². The lowest BCUT2D eigenvalue weighted by Crippen LogP contribution is -2.14. The first-order valence-electron chi connectivity index (χ1n) is 10.7. The van der Waals surface area contributed by atoms with Gasteiger partial charge in [0.2, 0.25) is 12.7 Å². The Kier molecular flexibility index (Phi) is 5.34. The average molecular weight is 444 g/mol. The van der Waals surface area contributed by atoms with Gasteiger partial charge >= 0.3 is 0 Å². The number of aromatic nitrogens is 3. The van der Waals surface area contributed by atoms with Crippen molar-refractivity contribution in [2.45, 2.75) is 26.7 Å². The van der Waals surface area contributed by atoms with Gasteiger partial charge in [0.15, 0.2) is 17.1 Å². The second-order valence-electron chi connectivity index (χ2n) is 7.88. The molecule has 0 fully saturated rings. The van der Waals surface area contributed by atoms with E-state index in [-0.39, 0.29) is 12.7 Å². The summed E-state index contributed by atoms with van der Waals surface area (Å²) in [5, 5.41) is 7.69. The predicted molar refractivity (Wildman–Crippen MR) is 124 cm³/mol. The maximum atomic E-state index is 12.6. The summed E-state index contributed by atoms with van der Waals surface area (Å²) in [5.74, 6) is 2.00. The van der Waals surface area contributed by atoms with E-state index in [4.69, 9.17) is 24.3 Å². The number of fused-ring (bicyclic) bond motifs is 2. The summed E-state index contributed by atoms with van der Waals surface area (Å²) < 4.78 is 18.0. The zero-order valence-electron chi connectivity index (χ0n) is 18.7. The van der Waals surface area contributed by atoms with Crippen molar-refractivity contribution in [3.63, 3.8) is 0 Å². The van der Waals surface area contributed by atoms with Gasteiger partial charge in [0.1, 0.15) is 5.75 Å². The van der Waals surface area contributed by atoms with Crippen LogP contribution >= 0.6 is 0 Å². The van der Waals surface area contributed by atoms with Gasteiger partial charge in [-0.2, -0.15) is 5.10 Å². The lowest BCUT2D eigenvalue weighted by molar-refractivity contribution is -0.116. The fourth-order valence-corrected chi connectivity index (χ4v) is 4.11. The van der Waals surface area contributed by atoms with Crippen molar-refractivity contribution in [1.82, 2.24) is 14.6 Å². The lowest BCUT2D eigenvalue weighted by atomic mass is 10.1. The summed E-state index contributed by atoms with van der Waals surface area (Å²) >= 11 is 0. The molecule has 1 aliphatic rings. The largest absolute Gasteiger partial charge is 0.496 e. The van der Waals surface area contributed by atoms with Crippen LogP contribution in [-0.4, -0.2) is 34.4 Å². The molecule has 0 unspecified atom stereocenters. The smallest absolute Gasteiger partial charge is 0.231 e. The molecular formula is C25H24N4O4. The highest BCUT2D eigenvalue weighted by Crippen LogP contribution is 2.34. The molecule has 0 spiro atoms. The summed E-state index contributed by atoms with van der Waals surface area (Å²) in [6.45, 7) is 4.17. The van der Waals surface area contributed by atoms with E-state index in [1.807, 2.05) is 48.7 Å². The highest BCUT2D eigenvalue weighted by atomic mass is 16.7. The highest BCUT2D eigenvalue weighted by Gasteiger charge is 2.17. The number of methoxy groups -OCH3 is 1. The number of para-hydroxylation sites is 1. The number of nitrogens with zero attached hydrogens (tertiary/aromatic N) is 3.